The van der Waals surface area contributed by atoms with Crippen molar-refractivity contribution in [2.24, 2.45) is 0 Å². The lowest BCUT2D eigenvalue weighted by Gasteiger charge is -2.09. The van der Waals surface area contributed by atoms with Crippen LogP contribution >= 0.6 is 0 Å². The molecule has 0 aromatic carbocycles. The maximum atomic E-state index is 9.44. The highest BCUT2D eigenvalue weighted by atomic mass is 16.7. The molecule has 0 aliphatic heterocycles. The fourth-order valence-electron chi connectivity index (χ4n) is 0.518. The van der Waals surface area contributed by atoms with Gasteiger partial charge in [-0.3, -0.25) is 0 Å². The third-order valence-electron chi connectivity index (χ3n) is 0.803. The number of Topliss-reactive ketones (excluding diaryl/α,β-unsaturated/α-hetero) is 1. The molecular weight excluding hydrogens is 156 g/mol. The molecule has 0 saturated carbocycles. The molecule has 0 atom stereocenters. The summed E-state index contributed by atoms with van der Waals surface area (Å²) in [6.45, 7) is 10.3. The first-order valence-electron chi connectivity index (χ1n) is 4.24. The van der Waals surface area contributed by atoms with Gasteiger partial charge in [-0.2, -0.15) is 0 Å². The summed E-state index contributed by atoms with van der Waals surface area (Å²) in [7, 11) is 0. The largest absolute Gasteiger partial charge is 0.353 e. The number of hydrogen-bond acceptors (Lipinski definition) is 3. The lowest BCUT2D eigenvalue weighted by atomic mass is 10.6. The molecule has 0 spiro atoms. The molecule has 0 aromatic heterocycles. The summed E-state index contributed by atoms with van der Waals surface area (Å²) >= 11 is 0. The van der Waals surface area contributed by atoms with Gasteiger partial charge in [0.05, 0.1) is 0 Å². The maximum absolute atomic E-state index is 9.44. The van der Waals surface area contributed by atoms with Crippen molar-refractivity contribution in [1.82, 2.24) is 0 Å². The van der Waals surface area contributed by atoms with Gasteiger partial charge in [0.2, 0.25) is 0 Å². The molecule has 0 N–H and O–H groups in total. The van der Waals surface area contributed by atoms with E-state index in [2.05, 4.69) is 0 Å². The zero-order valence-electron chi connectivity index (χ0n) is 8.72. The average Bonchev–Trinajstić information content (AvgIpc) is 1.87. The lowest BCUT2D eigenvalue weighted by molar-refractivity contribution is -0.123. The monoisotopic (exact) mass is 176 g/mol. The summed E-state index contributed by atoms with van der Waals surface area (Å²) in [5.41, 5.74) is 0. The van der Waals surface area contributed by atoms with Gasteiger partial charge in [0.25, 0.3) is 0 Å². The summed E-state index contributed by atoms with van der Waals surface area (Å²) in [5.74, 6) is 0.167. The van der Waals surface area contributed by atoms with Crippen molar-refractivity contribution in [2.75, 3.05) is 13.2 Å². The smallest absolute Gasteiger partial charge is 0.154 e. The number of ether oxygens (including phenoxy) is 2. The van der Waals surface area contributed by atoms with Gasteiger partial charge in [-0.15, -0.1) is 0 Å². The van der Waals surface area contributed by atoms with Crippen molar-refractivity contribution in [1.29, 1.82) is 0 Å². The zero-order chi connectivity index (χ0) is 9.98. The maximum Gasteiger partial charge on any atom is 0.154 e. The topological polar surface area (TPSA) is 35.5 Å². The van der Waals surface area contributed by atoms with Crippen LogP contribution in [0.5, 0.6) is 0 Å². The molecule has 0 amide bonds. The van der Waals surface area contributed by atoms with E-state index in [1.807, 2.05) is 20.8 Å². The van der Waals surface area contributed by atoms with Crippen molar-refractivity contribution < 1.29 is 14.3 Å². The van der Waals surface area contributed by atoms with Crippen molar-refractivity contribution in [3.8, 4) is 0 Å². The zero-order valence-corrected chi connectivity index (χ0v) is 8.72. The number of carbonyl (C=O) groups excluding carboxylic acids is 1. The molecule has 0 unspecified atom stereocenters. The Balaban J connectivity index is 0. The van der Waals surface area contributed by atoms with Crippen molar-refractivity contribution >= 4 is 5.78 Å². The minimum absolute atomic E-state index is 0.0370. The molecule has 0 aliphatic rings. The molecule has 0 fully saturated rings. The molecule has 3 heteroatoms. The SMILES string of the molecule is CC(C)=O.CCOC(C)OCC. The highest BCUT2D eigenvalue weighted by Gasteiger charge is 1.94. The van der Waals surface area contributed by atoms with Gasteiger partial charge in [-0.05, 0) is 34.6 Å². The average molecular weight is 176 g/mol. The van der Waals surface area contributed by atoms with E-state index in [4.69, 9.17) is 9.47 Å². The first-order valence-corrected chi connectivity index (χ1v) is 4.24. The molecule has 74 valence electrons. The van der Waals surface area contributed by atoms with Crippen LogP contribution in [0.25, 0.3) is 0 Å². The Labute approximate surface area is 75.1 Å². The molecule has 0 saturated heterocycles. The fourth-order valence-corrected chi connectivity index (χ4v) is 0.518. The van der Waals surface area contributed by atoms with Crippen LogP contribution in [-0.2, 0) is 14.3 Å². The third kappa shape index (κ3) is 22.6. The summed E-state index contributed by atoms with van der Waals surface area (Å²) in [4.78, 5) is 9.44. The number of hydrogen-bond donors (Lipinski definition) is 0. The van der Waals surface area contributed by atoms with Crippen molar-refractivity contribution in [3.63, 3.8) is 0 Å². The lowest BCUT2D eigenvalue weighted by Crippen LogP contribution is -2.11. The second kappa shape index (κ2) is 10.6. The predicted octanol–water partition coefficient (Wildman–Crippen LogP) is 2.00. The molecule has 0 rings (SSSR count). The van der Waals surface area contributed by atoms with Gasteiger partial charge in [-0.1, -0.05) is 0 Å². The van der Waals surface area contributed by atoms with Gasteiger partial charge >= 0.3 is 0 Å². The normalized spacial score (nSPS) is 9.17. The number of rotatable bonds is 4. The van der Waals surface area contributed by atoms with E-state index in [1.54, 1.807) is 0 Å². The molecule has 0 aliphatic carbocycles. The molecule has 3 nitrogen and oxygen atoms in total. The number of carbonyl (C=O) groups is 1. The summed E-state index contributed by atoms with van der Waals surface area (Å²) < 4.78 is 10.1. The van der Waals surface area contributed by atoms with Gasteiger partial charge in [0.1, 0.15) is 5.78 Å². The van der Waals surface area contributed by atoms with Gasteiger partial charge in [0.15, 0.2) is 6.29 Å². The molecule has 0 heterocycles. The summed E-state index contributed by atoms with van der Waals surface area (Å²) in [5, 5.41) is 0. The van der Waals surface area contributed by atoms with E-state index in [9.17, 15) is 4.79 Å². The standard InChI is InChI=1S/C6H14O2.C3H6O/c1-4-7-6(3)8-5-2;1-3(2)4/h6H,4-5H2,1-3H3;1-2H3. The highest BCUT2D eigenvalue weighted by molar-refractivity contribution is 5.72. The van der Waals surface area contributed by atoms with Crippen LogP contribution < -0.4 is 0 Å². The molecule has 0 bridgehead atoms. The molecule has 12 heavy (non-hydrogen) atoms. The Morgan fingerprint density at radius 3 is 1.58 bits per heavy atom. The third-order valence-corrected chi connectivity index (χ3v) is 0.803. The Hall–Kier alpha value is -0.410. The van der Waals surface area contributed by atoms with Gasteiger partial charge < -0.3 is 14.3 Å². The summed E-state index contributed by atoms with van der Waals surface area (Å²) in [6.07, 6.45) is -0.0370. The van der Waals surface area contributed by atoms with Crippen molar-refractivity contribution in [2.45, 2.75) is 40.9 Å². The van der Waals surface area contributed by atoms with Crippen molar-refractivity contribution in [3.05, 3.63) is 0 Å². The quantitative estimate of drug-likeness (QED) is 0.614. The van der Waals surface area contributed by atoms with E-state index in [-0.39, 0.29) is 12.1 Å². The Morgan fingerprint density at radius 1 is 1.17 bits per heavy atom. The summed E-state index contributed by atoms with van der Waals surface area (Å²) in [6, 6.07) is 0. The van der Waals surface area contributed by atoms with Gasteiger partial charge in [0, 0.05) is 13.2 Å². The van der Waals surface area contributed by atoms with Crippen LogP contribution in [0.15, 0.2) is 0 Å². The first kappa shape index (κ1) is 14.1. The van der Waals surface area contributed by atoms with E-state index in [0.717, 1.165) is 13.2 Å². The fraction of sp³-hybridized carbons (Fsp3) is 0.889. The van der Waals surface area contributed by atoms with Crippen LogP contribution in [0, 0.1) is 0 Å². The Kier molecular flexibility index (Phi) is 12.5. The minimum Gasteiger partial charge on any atom is -0.353 e. The molecule has 0 aromatic rings. The van der Waals surface area contributed by atoms with Crippen LogP contribution in [0.3, 0.4) is 0 Å². The van der Waals surface area contributed by atoms with E-state index < -0.39 is 0 Å². The Morgan fingerprint density at radius 2 is 1.42 bits per heavy atom. The number of ketones is 1. The second-order valence-electron chi connectivity index (χ2n) is 2.39. The Bertz CT molecular complexity index is 91.9. The van der Waals surface area contributed by atoms with Crippen LogP contribution in [0.4, 0.5) is 0 Å². The van der Waals surface area contributed by atoms with Gasteiger partial charge in [-0.25, -0.2) is 0 Å². The minimum atomic E-state index is -0.0370. The van der Waals surface area contributed by atoms with Crippen LogP contribution in [-0.4, -0.2) is 25.3 Å². The van der Waals surface area contributed by atoms with E-state index >= 15 is 0 Å². The molecule has 0 radical (unpaired) electrons. The first-order chi connectivity index (χ1) is 5.54. The van der Waals surface area contributed by atoms with Crippen LogP contribution in [0.2, 0.25) is 0 Å². The predicted molar refractivity (Wildman–Crippen MR) is 49.1 cm³/mol. The van der Waals surface area contributed by atoms with E-state index in [1.165, 1.54) is 13.8 Å². The van der Waals surface area contributed by atoms with E-state index in [0.29, 0.717) is 0 Å². The second-order valence-corrected chi connectivity index (χ2v) is 2.39. The van der Waals surface area contributed by atoms with Crippen LogP contribution in [0.1, 0.15) is 34.6 Å². The highest BCUT2D eigenvalue weighted by Crippen LogP contribution is 1.90. The molecular formula is C9H20O3.